The lowest BCUT2D eigenvalue weighted by Gasteiger charge is -2.20. The van der Waals surface area contributed by atoms with Gasteiger partial charge in [-0.25, -0.2) is 0 Å². The molecule has 0 unspecified atom stereocenters. The molecule has 1 aromatic carbocycles. The Kier molecular flexibility index (Phi) is 7.29. The molecule has 2 atom stereocenters. The molecule has 2 fully saturated rings. The van der Waals surface area contributed by atoms with Gasteiger partial charge in [-0.2, -0.15) is 0 Å². The molecule has 3 rings (SSSR count). The van der Waals surface area contributed by atoms with Gasteiger partial charge in [0, 0.05) is 24.6 Å². The van der Waals surface area contributed by atoms with Gasteiger partial charge in [-0.1, -0.05) is 6.42 Å². The number of anilines is 1. The van der Waals surface area contributed by atoms with Crippen LogP contribution in [0.1, 0.15) is 42.5 Å². The third-order valence-electron chi connectivity index (χ3n) is 5.40. The Bertz CT molecular complexity index is 647. The van der Waals surface area contributed by atoms with Crippen molar-refractivity contribution in [3.8, 4) is 5.75 Å². The first kappa shape index (κ1) is 20.5. The number of hydrogen-bond acceptors (Lipinski definition) is 4. The van der Waals surface area contributed by atoms with Crippen molar-refractivity contribution < 1.29 is 14.3 Å². The van der Waals surface area contributed by atoms with E-state index in [9.17, 15) is 9.59 Å². The van der Waals surface area contributed by atoms with Gasteiger partial charge in [0.2, 0.25) is 5.91 Å². The van der Waals surface area contributed by atoms with Crippen LogP contribution in [0.5, 0.6) is 5.75 Å². The molecule has 1 saturated heterocycles. The number of nitrogens with two attached hydrogens (primary N) is 1. The first-order valence-electron chi connectivity index (χ1n) is 9.12. The van der Waals surface area contributed by atoms with Crippen LogP contribution >= 0.6 is 12.4 Å². The summed E-state index contributed by atoms with van der Waals surface area (Å²) in [6.07, 6.45) is 4.99. The van der Waals surface area contributed by atoms with Crippen LogP contribution in [0.25, 0.3) is 0 Å². The zero-order valence-electron chi connectivity index (χ0n) is 15.2. The highest BCUT2D eigenvalue weighted by Crippen LogP contribution is 2.33. The van der Waals surface area contributed by atoms with Gasteiger partial charge in [0.05, 0.1) is 12.8 Å². The number of carbonyl (C=O) groups is 2. The zero-order valence-corrected chi connectivity index (χ0v) is 16.0. The topological polar surface area (TPSA) is 84.7 Å². The number of nitrogens with zero attached hydrogens (tertiary/aromatic N) is 1. The van der Waals surface area contributed by atoms with Crippen molar-refractivity contribution in [1.29, 1.82) is 0 Å². The summed E-state index contributed by atoms with van der Waals surface area (Å²) in [7, 11) is 1.56. The van der Waals surface area contributed by atoms with E-state index in [1.54, 1.807) is 25.3 Å². The van der Waals surface area contributed by atoms with Gasteiger partial charge in [-0.05, 0) is 56.3 Å². The van der Waals surface area contributed by atoms with Crippen molar-refractivity contribution in [3.05, 3.63) is 23.8 Å². The Morgan fingerprint density at radius 1 is 1.23 bits per heavy atom. The van der Waals surface area contributed by atoms with E-state index in [2.05, 4.69) is 5.32 Å². The predicted octanol–water partition coefficient (Wildman–Crippen LogP) is 2.67. The monoisotopic (exact) mass is 381 g/mol. The van der Waals surface area contributed by atoms with Crippen LogP contribution in [0.15, 0.2) is 18.2 Å². The van der Waals surface area contributed by atoms with Crippen LogP contribution in [0, 0.1) is 11.8 Å². The molecular weight excluding hydrogens is 354 g/mol. The van der Waals surface area contributed by atoms with Gasteiger partial charge < -0.3 is 20.7 Å². The summed E-state index contributed by atoms with van der Waals surface area (Å²) < 4.78 is 5.36. The SMILES string of the molecule is COc1ccc(C(=O)N2CCCC2)cc1NC(=O)[C@@H]1CCC[C@@H]1CN.Cl. The van der Waals surface area contributed by atoms with Crippen molar-refractivity contribution in [1.82, 2.24) is 4.90 Å². The molecule has 0 radical (unpaired) electrons. The molecule has 1 saturated carbocycles. The number of nitrogens with one attached hydrogen (secondary N) is 1. The van der Waals surface area contributed by atoms with E-state index in [1.165, 1.54) is 0 Å². The molecule has 0 bridgehead atoms. The Labute approximate surface area is 160 Å². The summed E-state index contributed by atoms with van der Waals surface area (Å²) in [6.45, 7) is 2.13. The zero-order chi connectivity index (χ0) is 17.8. The van der Waals surface area contributed by atoms with Gasteiger partial charge in [0.15, 0.2) is 0 Å². The molecular formula is C19H28ClN3O3. The second kappa shape index (κ2) is 9.24. The van der Waals surface area contributed by atoms with Crippen molar-refractivity contribution in [2.45, 2.75) is 32.1 Å². The van der Waals surface area contributed by atoms with Gasteiger partial charge in [-0.3, -0.25) is 9.59 Å². The van der Waals surface area contributed by atoms with Crippen LogP contribution in [0.2, 0.25) is 0 Å². The largest absolute Gasteiger partial charge is 0.495 e. The van der Waals surface area contributed by atoms with Crippen LogP contribution in [-0.4, -0.2) is 43.5 Å². The summed E-state index contributed by atoms with van der Waals surface area (Å²) >= 11 is 0. The second-order valence-electron chi connectivity index (χ2n) is 6.94. The molecule has 0 aromatic heterocycles. The maximum atomic E-state index is 12.7. The fraction of sp³-hybridized carbons (Fsp3) is 0.579. The standard InChI is InChI=1S/C19H27N3O3.ClH/c1-25-17-8-7-13(19(24)22-9-2-3-10-22)11-16(17)21-18(23)15-6-4-5-14(15)12-20;/h7-8,11,14-15H,2-6,9-10,12,20H2,1H3,(H,21,23);1H/t14-,15-;/m1./s1. The molecule has 2 aliphatic rings. The third-order valence-corrected chi connectivity index (χ3v) is 5.40. The van der Waals surface area contributed by atoms with Gasteiger partial charge in [0.25, 0.3) is 5.91 Å². The van der Waals surface area contributed by atoms with Crippen molar-refractivity contribution in [2.75, 3.05) is 32.1 Å². The summed E-state index contributed by atoms with van der Waals surface area (Å²) in [4.78, 5) is 27.1. The molecule has 3 N–H and O–H groups in total. The van der Waals surface area contributed by atoms with E-state index in [4.69, 9.17) is 10.5 Å². The van der Waals surface area contributed by atoms with E-state index in [0.717, 1.165) is 45.2 Å². The molecule has 6 nitrogen and oxygen atoms in total. The molecule has 1 aliphatic carbocycles. The van der Waals surface area contributed by atoms with Gasteiger partial charge >= 0.3 is 0 Å². The van der Waals surface area contributed by atoms with Crippen molar-refractivity contribution in [2.24, 2.45) is 17.6 Å². The van der Waals surface area contributed by atoms with Crippen LogP contribution < -0.4 is 15.8 Å². The van der Waals surface area contributed by atoms with E-state index >= 15 is 0 Å². The predicted molar refractivity (Wildman–Crippen MR) is 104 cm³/mol. The quantitative estimate of drug-likeness (QED) is 0.821. The number of benzene rings is 1. The number of methoxy groups -OCH3 is 1. The fourth-order valence-corrected chi connectivity index (χ4v) is 3.93. The van der Waals surface area contributed by atoms with Gasteiger partial charge in [-0.15, -0.1) is 12.4 Å². The highest BCUT2D eigenvalue weighted by molar-refractivity contribution is 5.99. The number of amides is 2. The molecule has 2 amide bonds. The maximum Gasteiger partial charge on any atom is 0.253 e. The Hall–Kier alpha value is -1.79. The van der Waals surface area contributed by atoms with Gasteiger partial charge in [0.1, 0.15) is 5.75 Å². The number of rotatable bonds is 5. The van der Waals surface area contributed by atoms with Crippen molar-refractivity contribution in [3.63, 3.8) is 0 Å². The average molecular weight is 382 g/mol. The Morgan fingerprint density at radius 3 is 2.62 bits per heavy atom. The molecule has 144 valence electrons. The van der Waals surface area contributed by atoms with E-state index < -0.39 is 0 Å². The smallest absolute Gasteiger partial charge is 0.253 e. The average Bonchev–Trinajstić information content (AvgIpc) is 3.32. The number of hydrogen-bond donors (Lipinski definition) is 2. The summed E-state index contributed by atoms with van der Waals surface area (Å²) in [5.41, 5.74) is 6.93. The lowest BCUT2D eigenvalue weighted by molar-refractivity contribution is -0.120. The lowest BCUT2D eigenvalue weighted by Crippen LogP contribution is -2.30. The number of halogens is 1. The molecule has 1 heterocycles. The van der Waals surface area contributed by atoms with E-state index in [-0.39, 0.29) is 36.1 Å². The fourth-order valence-electron chi connectivity index (χ4n) is 3.93. The summed E-state index contributed by atoms with van der Waals surface area (Å²) in [6, 6.07) is 5.23. The maximum absolute atomic E-state index is 12.7. The Morgan fingerprint density at radius 2 is 1.96 bits per heavy atom. The third kappa shape index (κ3) is 4.30. The van der Waals surface area contributed by atoms with Crippen LogP contribution in [0.3, 0.4) is 0 Å². The summed E-state index contributed by atoms with van der Waals surface area (Å²) in [5.74, 6) is 0.718. The van der Waals surface area contributed by atoms with Crippen molar-refractivity contribution >= 4 is 29.9 Å². The van der Waals surface area contributed by atoms with E-state index in [1.807, 2.05) is 4.90 Å². The molecule has 0 spiro atoms. The number of carbonyl (C=O) groups excluding carboxylic acids is 2. The normalized spacial score (nSPS) is 22.0. The number of ether oxygens (including phenoxy) is 1. The molecule has 1 aromatic rings. The second-order valence-corrected chi connectivity index (χ2v) is 6.94. The highest BCUT2D eigenvalue weighted by atomic mass is 35.5. The number of likely N-dealkylation sites (tertiary alicyclic amines) is 1. The molecule has 26 heavy (non-hydrogen) atoms. The lowest BCUT2D eigenvalue weighted by atomic mass is 9.95. The molecule has 7 heteroatoms. The first-order valence-corrected chi connectivity index (χ1v) is 9.12. The first-order chi connectivity index (χ1) is 12.1. The minimum absolute atomic E-state index is 0. The van der Waals surface area contributed by atoms with Crippen LogP contribution in [0.4, 0.5) is 5.69 Å². The minimum Gasteiger partial charge on any atom is -0.495 e. The summed E-state index contributed by atoms with van der Waals surface area (Å²) in [5, 5.41) is 2.96. The molecule has 1 aliphatic heterocycles. The minimum atomic E-state index is -0.0624. The van der Waals surface area contributed by atoms with Crippen LogP contribution in [-0.2, 0) is 4.79 Å². The van der Waals surface area contributed by atoms with E-state index in [0.29, 0.717) is 23.5 Å². The highest BCUT2D eigenvalue weighted by Gasteiger charge is 2.32. The Balaban J connectivity index is 0.00000243.